The second-order valence-electron chi connectivity index (χ2n) is 6.10. The number of anilines is 1. The van der Waals surface area contributed by atoms with E-state index in [4.69, 9.17) is 11.6 Å². The van der Waals surface area contributed by atoms with Crippen molar-refractivity contribution in [3.8, 4) is 0 Å². The highest BCUT2D eigenvalue weighted by molar-refractivity contribution is 6.30. The van der Waals surface area contributed by atoms with Gasteiger partial charge >= 0.3 is 0 Å². The fourth-order valence-electron chi connectivity index (χ4n) is 2.55. The molecule has 0 spiro atoms. The van der Waals surface area contributed by atoms with Gasteiger partial charge in [0, 0.05) is 22.8 Å². The van der Waals surface area contributed by atoms with Crippen LogP contribution in [0.5, 0.6) is 0 Å². The molecule has 0 fully saturated rings. The first-order valence-corrected chi connectivity index (χ1v) is 8.88. The summed E-state index contributed by atoms with van der Waals surface area (Å²) in [6.45, 7) is 1.84. The van der Waals surface area contributed by atoms with Gasteiger partial charge in [-0.05, 0) is 48.9 Å². The second kappa shape index (κ2) is 8.63. The summed E-state index contributed by atoms with van der Waals surface area (Å²) in [6.07, 6.45) is 0. The first-order valence-electron chi connectivity index (χ1n) is 8.50. The van der Waals surface area contributed by atoms with Gasteiger partial charge in [-0.1, -0.05) is 35.9 Å². The molecular formula is C21H17ClFN3O2. The van der Waals surface area contributed by atoms with Gasteiger partial charge < -0.3 is 10.6 Å². The van der Waals surface area contributed by atoms with E-state index < -0.39 is 17.6 Å². The maximum absolute atomic E-state index is 13.6. The van der Waals surface area contributed by atoms with Crippen LogP contribution in [-0.2, 0) is 6.54 Å². The molecule has 0 saturated carbocycles. The quantitative estimate of drug-likeness (QED) is 0.671. The van der Waals surface area contributed by atoms with Crippen molar-refractivity contribution in [3.63, 3.8) is 0 Å². The van der Waals surface area contributed by atoms with Gasteiger partial charge in [-0.15, -0.1) is 0 Å². The maximum atomic E-state index is 13.6. The number of benzene rings is 2. The molecule has 0 aliphatic heterocycles. The molecule has 2 amide bonds. The molecule has 7 heteroatoms. The predicted molar refractivity (Wildman–Crippen MR) is 106 cm³/mol. The summed E-state index contributed by atoms with van der Waals surface area (Å²) < 4.78 is 13.6. The zero-order chi connectivity index (χ0) is 20.1. The molecule has 0 aliphatic carbocycles. The van der Waals surface area contributed by atoms with Crippen molar-refractivity contribution in [1.82, 2.24) is 10.3 Å². The average Bonchev–Trinajstić information content (AvgIpc) is 2.69. The van der Waals surface area contributed by atoms with E-state index in [1.165, 1.54) is 18.2 Å². The fourth-order valence-corrected chi connectivity index (χ4v) is 2.78. The number of carbonyl (C=O) groups excluding carboxylic acids is 2. The van der Waals surface area contributed by atoms with Crippen LogP contribution in [0.25, 0.3) is 0 Å². The lowest BCUT2D eigenvalue weighted by atomic mass is 10.2. The Morgan fingerprint density at radius 1 is 1.00 bits per heavy atom. The molecule has 142 valence electrons. The first-order chi connectivity index (χ1) is 13.4. The number of pyridine rings is 1. The number of carbonyl (C=O) groups is 2. The van der Waals surface area contributed by atoms with Gasteiger partial charge in [0.15, 0.2) is 0 Å². The fraction of sp³-hybridized carbons (Fsp3) is 0.0952. The minimum atomic E-state index is -0.499. The highest BCUT2D eigenvalue weighted by Gasteiger charge is 2.14. The van der Waals surface area contributed by atoms with Gasteiger partial charge in [0.2, 0.25) is 0 Å². The molecule has 3 rings (SSSR count). The second-order valence-corrected chi connectivity index (χ2v) is 6.53. The lowest BCUT2D eigenvalue weighted by molar-refractivity contribution is 0.0945. The maximum Gasteiger partial charge on any atom is 0.274 e. The Morgan fingerprint density at radius 2 is 1.71 bits per heavy atom. The van der Waals surface area contributed by atoms with E-state index in [0.29, 0.717) is 16.3 Å². The lowest BCUT2D eigenvalue weighted by Crippen LogP contribution is -2.25. The van der Waals surface area contributed by atoms with Gasteiger partial charge in [0.05, 0.1) is 0 Å². The van der Waals surface area contributed by atoms with Crippen LogP contribution in [0.3, 0.4) is 0 Å². The number of amides is 2. The topological polar surface area (TPSA) is 71.1 Å². The average molecular weight is 398 g/mol. The number of aryl methyl sites for hydroxylation is 1. The summed E-state index contributed by atoms with van der Waals surface area (Å²) in [6, 6.07) is 15.8. The van der Waals surface area contributed by atoms with E-state index in [0.717, 1.165) is 5.56 Å². The molecule has 0 radical (unpaired) electrons. The molecule has 2 aromatic carbocycles. The van der Waals surface area contributed by atoms with Gasteiger partial charge in [-0.2, -0.15) is 0 Å². The van der Waals surface area contributed by atoms with Gasteiger partial charge in [-0.25, -0.2) is 9.37 Å². The number of hydrogen-bond donors (Lipinski definition) is 2. The summed E-state index contributed by atoms with van der Waals surface area (Å²) in [5.74, 6) is -1.35. The van der Waals surface area contributed by atoms with Crippen LogP contribution in [-0.4, -0.2) is 16.8 Å². The molecule has 2 N–H and O–H groups in total. The monoisotopic (exact) mass is 397 g/mol. The third-order valence-corrected chi connectivity index (χ3v) is 4.28. The minimum absolute atomic E-state index is 0.0214. The molecule has 5 nitrogen and oxygen atoms in total. The molecule has 0 aliphatic rings. The van der Waals surface area contributed by atoms with Crippen molar-refractivity contribution in [2.45, 2.75) is 13.5 Å². The largest absolute Gasteiger partial charge is 0.347 e. The zero-order valence-electron chi connectivity index (χ0n) is 15.0. The zero-order valence-corrected chi connectivity index (χ0v) is 15.8. The Morgan fingerprint density at radius 3 is 2.43 bits per heavy atom. The van der Waals surface area contributed by atoms with Crippen LogP contribution in [0.15, 0.2) is 60.7 Å². The Bertz CT molecular complexity index is 1040. The molecule has 28 heavy (non-hydrogen) atoms. The molecular weight excluding hydrogens is 381 g/mol. The van der Waals surface area contributed by atoms with Crippen LogP contribution in [0, 0.1) is 12.7 Å². The standard InChI is InChI=1S/C21H17ClFN3O2/c1-13-11-15(22)9-10-17(13)26-21(28)19-8-4-7-18(25-19)20(27)24-12-14-5-2-3-6-16(14)23/h2-11H,12H2,1H3,(H,24,27)(H,26,28). The van der Waals surface area contributed by atoms with Crippen LogP contribution < -0.4 is 10.6 Å². The Kier molecular flexibility index (Phi) is 6.01. The van der Waals surface area contributed by atoms with E-state index in [1.54, 1.807) is 42.5 Å². The van der Waals surface area contributed by atoms with Crippen LogP contribution in [0.2, 0.25) is 5.02 Å². The smallest absolute Gasteiger partial charge is 0.274 e. The Hall–Kier alpha value is -3.25. The van der Waals surface area contributed by atoms with Crippen molar-refractivity contribution in [3.05, 3.63) is 94.0 Å². The number of nitrogens with zero attached hydrogens (tertiary/aromatic N) is 1. The van der Waals surface area contributed by atoms with E-state index in [9.17, 15) is 14.0 Å². The third kappa shape index (κ3) is 4.72. The minimum Gasteiger partial charge on any atom is -0.347 e. The summed E-state index contributed by atoms with van der Waals surface area (Å²) in [4.78, 5) is 28.9. The number of nitrogens with one attached hydrogen (secondary N) is 2. The van der Waals surface area contributed by atoms with Crippen molar-refractivity contribution >= 4 is 29.1 Å². The van der Waals surface area contributed by atoms with Gasteiger partial charge in [0.25, 0.3) is 11.8 Å². The van der Waals surface area contributed by atoms with Gasteiger partial charge in [-0.3, -0.25) is 9.59 Å². The van der Waals surface area contributed by atoms with Crippen LogP contribution in [0.4, 0.5) is 10.1 Å². The first kappa shape index (κ1) is 19.5. The van der Waals surface area contributed by atoms with Crippen molar-refractivity contribution < 1.29 is 14.0 Å². The van der Waals surface area contributed by atoms with E-state index >= 15 is 0 Å². The van der Waals surface area contributed by atoms with Crippen molar-refractivity contribution in [2.75, 3.05) is 5.32 Å². The lowest BCUT2D eigenvalue weighted by Gasteiger charge is -2.09. The number of rotatable bonds is 5. The molecule has 0 unspecified atom stereocenters. The molecule has 1 aromatic heterocycles. The van der Waals surface area contributed by atoms with E-state index in [1.807, 2.05) is 6.92 Å². The Balaban J connectivity index is 1.69. The molecule has 0 atom stereocenters. The van der Waals surface area contributed by atoms with Crippen LogP contribution >= 0.6 is 11.6 Å². The van der Waals surface area contributed by atoms with Crippen molar-refractivity contribution in [1.29, 1.82) is 0 Å². The van der Waals surface area contributed by atoms with E-state index in [-0.39, 0.29) is 17.9 Å². The predicted octanol–water partition coefficient (Wildman–Crippen LogP) is 4.36. The van der Waals surface area contributed by atoms with Crippen LogP contribution in [0.1, 0.15) is 32.1 Å². The highest BCUT2D eigenvalue weighted by Crippen LogP contribution is 2.20. The van der Waals surface area contributed by atoms with Crippen molar-refractivity contribution in [2.24, 2.45) is 0 Å². The summed E-state index contributed by atoms with van der Waals surface area (Å²) in [5, 5.41) is 5.91. The molecule has 3 aromatic rings. The summed E-state index contributed by atoms with van der Waals surface area (Å²) in [5.41, 5.74) is 1.93. The molecule has 0 bridgehead atoms. The normalized spacial score (nSPS) is 10.4. The van der Waals surface area contributed by atoms with E-state index in [2.05, 4.69) is 15.6 Å². The third-order valence-electron chi connectivity index (χ3n) is 4.05. The summed E-state index contributed by atoms with van der Waals surface area (Å²) >= 11 is 5.92. The molecule has 1 heterocycles. The number of halogens is 2. The number of hydrogen-bond acceptors (Lipinski definition) is 3. The SMILES string of the molecule is Cc1cc(Cl)ccc1NC(=O)c1cccc(C(=O)NCc2ccccc2F)n1. The van der Waals surface area contributed by atoms with Gasteiger partial charge in [0.1, 0.15) is 17.2 Å². The highest BCUT2D eigenvalue weighted by atomic mass is 35.5. The molecule has 0 saturated heterocycles. The number of aromatic nitrogens is 1. The Labute approximate surface area is 166 Å². The summed E-state index contributed by atoms with van der Waals surface area (Å²) in [7, 11) is 0.